The highest BCUT2D eigenvalue weighted by Gasteiger charge is 2.20. The van der Waals surface area contributed by atoms with Gasteiger partial charge in [0, 0.05) is 20.2 Å². The lowest BCUT2D eigenvalue weighted by Crippen LogP contribution is -2.37. The number of likely N-dealkylation sites (N-methyl/N-ethyl adjacent to an activating group) is 1. The van der Waals surface area contributed by atoms with E-state index in [2.05, 4.69) is 0 Å². The first-order valence-electron chi connectivity index (χ1n) is 7.84. The monoisotopic (exact) mass is 345 g/mol. The maximum absolute atomic E-state index is 14.0. The van der Waals surface area contributed by atoms with Gasteiger partial charge in [-0.1, -0.05) is 19.1 Å². The second-order valence-corrected chi connectivity index (χ2v) is 5.81. The van der Waals surface area contributed by atoms with Crippen molar-refractivity contribution in [3.8, 4) is 16.9 Å². The molecule has 1 unspecified atom stereocenters. The second kappa shape index (κ2) is 7.79. The highest BCUT2D eigenvalue weighted by atomic mass is 19.1. The van der Waals surface area contributed by atoms with Gasteiger partial charge in [-0.2, -0.15) is 0 Å². The molecular weight excluding hydrogens is 325 g/mol. The van der Waals surface area contributed by atoms with Crippen molar-refractivity contribution >= 4 is 11.9 Å². The molecule has 0 radical (unpaired) electrons. The lowest BCUT2D eigenvalue weighted by Gasteiger charge is -2.21. The van der Waals surface area contributed by atoms with Crippen molar-refractivity contribution in [2.75, 3.05) is 14.1 Å². The van der Waals surface area contributed by atoms with Crippen LogP contribution in [-0.2, 0) is 4.79 Å². The summed E-state index contributed by atoms with van der Waals surface area (Å²) in [5.41, 5.74) is 1.35. The molecule has 0 aliphatic heterocycles. The largest absolute Gasteiger partial charge is 0.480 e. The Morgan fingerprint density at radius 3 is 2.28 bits per heavy atom. The van der Waals surface area contributed by atoms with E-state index in [1.165, 1.54) is 29.2 Å². The molecule has 0 aromatic heterocycles. The molecule has 1 N–H and O–H groups in total. The minimum atomic E-state index is -1.03. The molecule has 0 spiro atoms. The molecular formula is C19H20FNO4. The zero-order chi connectivity index (χ0) is 18.6. The van der Waals surface area contributed by atoms with Crippen LogP contribution in [0.25, 0.3) is 11.1 Å². The van der Waals surface area contributed by atoms with Gasteiger partial charge in [0.15, 0.2) is 6.10 Å². The predicted octanol–water partition coefficient (Wildman–Crippen LogP) is 3.44. The van der Waals surface area contributed by atoms with E-state index in [1.807, 2.05) is 6.92 Å². The Morgan fingerprint density at radius 1 is 1.12 bits per heavy atom. The van der Waals surface area contributed by atoms with Gasteiger partial charge in [0.2, 0.25) is 0 Å². The van der Waals surface area contributed by atoms with Crippen LogP contribution in [0.4, 0.5) is 4.39 Å². The molecule has 0 saturated heterocycles. The molecule has 1 amide bonds. The summed E-state index contributed by atoms with van der Waals surface area (Å²) in [6.45, 7) is 1.82. The van der Waals surface area contributed by atoms with E-state index in [0.29, 0.717) is 17.5 Å². The molecule has 2 aromatic rings. The summed E-state index contributed by atoms with van der Waals surface area (Å²) in [6.07, 6.45) is -0.241. The smallest absolute Gasteiger partial charge is 0.335 e. The van der Waals surface area contributed by atoms with Crippen molar-refractivity contribution in [3.63, 3.8) is 0 Å². The number of nitrogens with zero attached hydrogens (tertiary/aromatic N) is 1. The van der Waals surface area contributed by atoms with Crippen LogP contribution in [0.1, 0.15) is 23.7 Å². The van der Waals surface area contributed by atoms with Crippen LogP contribution < -0.4 is 4.74 Å². The maximum Gasteiger partial charge on any atom is 0.335 e. The minimum absolute atomic E-state index is 0.152. The van der Waals surface area contributed by atoms with E-state index in [4.69, 9.17) is 9.84 Å². The quantitative estimate of drug-likeness (QED) is 0.871. The summed E-state index contributed by atoms with van der Waals surface area (Å²) in [7, 11) is 3.27. The van der Waals surface area contributed by atoms with Crippen molar-refractivity contribution in [3.05, 3.63) is 53.8 Å². The Morgan fingerprint density at radius 2 is 1.76 bits per heavy atom. The number of carbonyl (C=O) groups excluding carboxylic acids is 1. The fourth-order valence-corrected chi connectivity index (χ4v) is 2.36. The van der Waals surface area contributed by atoms with Crippen molar-refractivity contribution in [2.24, 2.45) is 0 Å². The number of amides is 1. The summed E-state index contributed by atoms with van der Waals surface area (Å²) in [6, 6.07) is 10.3. The zero-order valence-corrected chi connectivity index (χ0v) is 14.3. The number of carboxylic acids is 1. The van der Waals surface area contributed by atoms with Crippen LogP contribution in [0.15, 0.2) is 42.5 Å². The molecule has 0 aliphatic rings. The number of hydrogen-bond acceptors (Lipinski definition) is 3. The Hall–Kier alpha value is -2.89. The topological polar surface area (TPSA) is 66.8 Å². The second-order valence-electron chi connectivity index (χ2n) is 5.81. The Balaban J connectivity index is 2.30. The first kappa shape index (κ1) is 18.4. The van der Waals surface area contributed by atoms with Gasteiger partial charge in [0.05, 0.1) is 5.56 Å². The Kier molecular flexibility index (Phi) is 5.75. The van der Waals surface area contributed by atoms with Crippen LogP contribution in [0.2, 0.25) is 0 Å². The third kappa shape index (κ3) is 4.56. The standard InChI is InChI=1S/C19H20FNO4/c1-4-17(18(22)21(2)3)25-16-10-14(9-15(20)11-16)12-5-7-13(8-6-12)19(23)24/h5-11,17H,4H2,1-3H3,(H,23,24). The van der Waals surface area contributed by atoms with Crippen molar-refractivity contribution in [1.82, 2.24) is 4.90 Å². The van der Waals surface area contributed by atoms with Crippen LogP contribution >= 0.6 is 0 Å². The summed E-state index contributed by atoms with van der Waals surface area (Å²) >= 11 is 0. The third-order valence-electron chi connectivity index (χ3n) is 3.70. The number of hydrogen-bond donors (Lipinski definition) is 1. The van der Waals surface area contributed by atoms with Gasteiger partial charge in [-0.05, 0) is 41.8 Å². The van der Waals surface area contributed by atoms with Crippen LogP contribution in [0.5, 0.6) is 5.75 Å². The fraction of sp³-hybridized carbons (Fsp3) is 0.263. The Bertz CT molecular complexity index is 771. The van der Waals surface area contributed by atoms with Crippen LogP contribution in [-0.4, -0.2) is 42.1 Å². The summed E-state index contributed by atoms with van der Waals surface area (Å²) < 4.78 is 19.6. The van der Waals surface area contributed by atoms with Crippen molar-refractivity contribution in [1.29, 1.82) is 0 Å². The summed E-state index contributed by atoms with van der Waals surface area (Å²) in [5.74, 6) is -1.47. The molecule has 2 aromatic carbocycles. The molecule has 0 bridgehead atoms. The highest BCUT2D eigenvalue weighted by Crippen LogP contribution is 2.27. The van der Waals surface area contributed by atoms with Gasteiger partial charge < -0.3 is 14.7 Å². The zero-order valence-electron chi connectivity index (χ0n) is 14.3. The molecule has 0 heterocycles. The molecule has 132 valence electrons. The average molecular weight is 345 g/mol. The maximum atomic E-state index is 14.0. The molecule has 0 aliphatic carbocycles. The molecule has 0 fully saturated rings. The first-order valence-corrected chi connectivity index (χ1v) is 7.84. The van der Waals surface area contributed by atoms with Crippen molar-refractivity contribution < 1.29 is 23.8 Å². The molecule has 2 rings (SSSR count). The lowest BCUT2D eigenvalue weighted by molar-refractivity contribution is -0.136. The van der Waals surface area contributed by atoms with E-state index >= 15 is 0 Å². The minimum Gasteiger partial charge on any atom is -0.480 e. The number of carboxylic acid groups (broad SMARTS) is 1. The van der Waals surface area contributed by atoms with Gasteiger partial charge in [-0.15, -0.1) is 0 Å². The fourth-order valence-electron chi connectivity index (χ4n) is 2.36. The number of rotatable bonds is 6. The number of benzene rings is 2. The predicted molar refractivity (Wildman–Crippen MR) is 92.2 cm³/mol. The van der Waals surface area contributed by atoms with Gasteiger partial charge in [0.25, 0.3) is 5.91 Å². The molecule has 6 heteroatoms. The molecule has 0 saturated carbocycles. The van der Waals surface area contributed by atoms with E-state index in [9.17, 15) is 14.0 Å². The van der Waals surface area contributed by atoms with Crippen molar-refractivity contribution in [2.45, 2.75) is 19.4 Å². The van der Waals surface area contributed by atoms with E-state index in [-0.39, 0.29) is 17.2 Å². The van der Waals surface area contributed by atoms with Gasteiger partial charge >= 0.3 is 5.97 Å². The van der Waals surface area contributed by atoms with Crippen LogP contribution in [0.3, 0.4) is 0 Å². The number of aromatic carboxylic acids is 1. The Labute approximate surface area is 145 Å². The summed E-state index contributed by atoms with van der Waals surface area (Å²) in [4.78, 5) is 24.4. The normalized spacial score (nSPS) is 11.7. The van der Waals surface area contributed by atoms with E-state index < -0.39 is 17.9 Å². The first-order chi connectivity index (χ1) is 11.8. The molecule has 25 heavy (non-hydrogen) atoms. The summed E-state index contributed by atoms with van der Waals surface area (Å²) in [5, 5.41) is 8.94. The number of halogens is 1. The number of ether oxygens (including phenoxy) is 1. The average Bonchev–Trinajstić information content (AvgIpc) is 2.58. The van der Waals surface area contributed by atoms with Gasteiger partial charge in [-0.25, -0.2) is 9.18 Å². The lowest BCUT2D eigenvalue weighted by atomic mass is 10.0. The molecule has 5 nitrogen and oxygen atoms in total. The van der Waals surface area contributed by atoms with Gasteiger partial charge in [-0.3, -0.25) is 4.79 Å². The highest BCUT2D eigenvalue weighted by molar-refractivity contribution is 5.88. The molecule has 1 atom stereocenters. The third-order valence-corrected chi connectivity index (χ3v) is 3.70. The number of carbonyl (C=O) groups is 2. The van der Waals surface area contributed by atoms with E-state index in [0.717, 1.165) is 0 Å². The van der Waals surface area contributed by atoms with E-state index in [1.54, 1.807) is 32.3 Å². The van der Waals surface area contributed by atoms with Crippen LogP contribution in [0, 0.1) is 5.82 Å². The SMILES string of the molecule is CCC(Oc1cc(F)cc(-c2ccc(C(=O)O)cc2)c1)C(=O)N(C)C. The van der Waals surface area contributed by atoms with Gasteiger partial charge in [0.1, 0.15) is 11.6 Å².